The highest BCUT2D eigenvalue weighted by Crippen LogP contribution is 2.38. The van der Waals surface area contributed by atoms with Crippen LogP contribution in [0.4, 0.5) is 0 Å². The molecule has 2 aromatic rings. The maximum atomic E-state index is 5.82. The Morgan fingerprint density at radius 3 is 2.29 bits per heavy atom. The Bertz CT molecular complexity index is 578. The quantitative estimate of drug-likeness (QED) is 0.916. The summed E-state index contributed by atoms with van der Waals surface area (Å²) in [5, 5.41) is 3.34. The number of oxazole rings is 1. The Hall–Kier alpha value is -2.01. The summed E-state index contributed by atoms with van der Waals surface area (Å²) < 4.78 is 16.6. The molecule has 1 heterocycles. The van der Waals surface area contributed by atoms with Gasteiger partial charge in [-0.25, -0.2) is 4.98 Å². The summed E-state index contributed by atoms with van der Waals surface area (Å²) in [6, 6.07) is 5.61. The summed E-state index contributed by atoms with van der Waals surface area (Å²) in [4.78, 5) is 4.31. The molecule has 0 fully saturated rings. The molecule has 0 unspecified atom stereocenters. The lowest BCUT2D eigenvalue weighted by molar-refractivity contribution is 0.378. The molecule has 0 radical (unpaired) electrons. The molecule has 0 aliphatic heterocycles. The van der Waals surface area contributed by atoms with Crippen LogP contribution in [0.5, 0.6) is 11.5 Å². The Morgan fingerprint density at radius 2 is 1.76 bits per heavy atom. The van der Waals surface area contributed by atoms with E-state index in [0.717, 1.165) is 5.56 Å². The van der Waals surface area contributed by atoms with Crippen molar-refractivity contribution in [2.75, 3.05) is 14.2 Å². The van der Waals surface area contributed by atoms with E-state index in [1.165, 1.54) is 0 Å². The van der Waals surface area contributed by atoms with Crippen molar-refractivity contribution in [1.82, 2.24) is 10.3 Å². The van der Waals surface area contributed by atoms with Crippen LogP contribution in [0.2, 0.25) is 0 Å². The van der Waals surface area contributed by atoms with Crippen molar-refractivity contribution in [1.29, 1.82) is 0 Å². The molecule has 21 heavy (non-hydrogen) atoms. The fourth-order valence-corrected chi connectivity index (χ4v) is 1.94. The molecular formula is C16H22N2O3. The molecule has 5 heteroatoms. The van der Waals surface area contributed by atoms with Gasteiger partial charge in [0.05, 0.1) is 27.0 Å². The zero-order valence-corrected chi connectivity index (χ0v) is 13.2. The number of hydrogen-bond donors (Lipinski definition) is 1. The number of benzene rings is 1. The van der Waals surface area contributed by atoms with Crippen molar-refractivity contribution in [3.8, 4) is 22.8 Å². The smallest absolute Gasteiger partial charge is 0.208 e. The third kappa shape index (κ3) is 3.76. The van der Waals surface area contributed by atoms with E-state index >= 15 is 0 Å². The van der Waals surface area contributed by atoms with Crippen molar-refractivity contribution < 1.29 is 13.9 Å². The number of hydrogen-bond acceptors (Lipinski definition) is 5. The lowest BCUT2D eigenvalue weighted by Gasteiger charge is -2.18. The molecule has 1 N–H and O–H groups in total. The second kappa shape index (κ2) is 6.18. The lowest BCUT2D eigenvalue weighted by Crippen LogP contribution is -2.35. The first-order chi connectivity index (χ1) is 9.94. The molecule has 0 aliphatic rings. The van der Waals surface area contributed by atoms with Crippen molar-refractivity contribution >= 4 is 0 Å². The minimum absolute atomic E-state index is 0.0107. The summed E-state index contributed by atoms with van der Waals surface area (Å²) >= 11 is 0. The molecule has 0 bridgehead atoms. The molecule has 0 atom stereocenters. The van der Waals surface area contributed by atoms with Gasteiger partial charge in [-0.1, -0.05) is 6.07 Å². The van der Waals surface area contributed by atoms with Crippen LogP contribution in [-0.4, -0.2) is 24.7 Å². The van der Waals surface area contributed by atoms with Gasteiger partial charge in [-0.3, -0.25) is 0 Å². The molecule has 0 amide bonds. The van der Waals surface area contributed by atoms with Gasteiger partial charge in [0.15, 0.2) is 5.76 Å². The average Bonchev–Trinajstić information content (AvgIpc) is 2.92. The number of nitrogens with zero attached hydrogens (tertiary/aromatic N) is 1. The number of rotatable bonds is 5. The third-order valence-corrected chi connectivity index (χ3v) is 3.00. The Morgan fingerprint density at radius 1 is 1.14 bits per heavy atom. The van der Waals surface area contributed by atoms with Crippen LogP contribution in [0.1, 0.15) is 26.7 Å². The summed E-state index contributed by atoms with van der Waals surface area (Å²) in [6.07, 6.45) is 1.69. The number of ether oxygens (including phenoxy) is 2. The highest BCUT2D eigenvalue weighted by atomic mass is 16.5. The van der Waals surface area contributed by atoms with E-state index in [2.05, 4.69) is 31.1 Å². The van der Waals surface area contributed by atoms with E-state index in [1.807, 2.05) is 18.2 Å². The van der Waals surface area contributed by atoms with Gasteiger partial charge in [0.25, 0.3) is 0 Å². The van der Waals surface area contributed by atoms with Crippen molar-refractivity contribution in [3.05, 3.63) is 30.3 Å². The summed E-state index contributed by atoms with van der Waals surface area (Å²) in [5.41, 5.74) is 0.786. The summed E-state index contributed by atoms with van der Waals surface area (Å²) in [6.45, 7) is 6.86. The second-order valence-corrected chi connectivity index (χ2v) is 5.76. The van der Waals surface area contributed by atoms with Crippen molar-refractivity contribution in [2.45, 2.75) is 32.9 Å². The topological polar surface area (TPSA) is 56.5 Å². The van der Waals surface area contributed by atoms with E-state index < -0.39 is 0 Å². The molecule has 0 saturated carbocycles. The average molecular weight is 290 g/mol. The maximum Gasteiger partial charge on any atom is 0.208 e. The molecule has 0 spiro atoms. The molecule has 1 aromatic heterocycles. The van der Waals surface area contributed by atoms with Crippen LogP contribution >= 0.6 is 0 Å². The van der Waals surface area contributed by atoms with E-state index in [4.69, 9.17) is 13.9 Å². The molecule has 1 aromatic carbocycles. The molecular weight excluding hydrogens is 268 g/mol. The summed E-state index contributed by atoms with van der Waals surface area (Å²) in [7, 11) is 3.24. The fraction of sp³-hybridized carbons (Fsp3) is 0.438. The maximum absolute atomic E-state index is 5.82. The highest BCUT2D eigenvalue weighted by molar-refractivity contribution is 5.72. The zero-order chi connectivity index (χ0) is 15.5. The number of methoxy groups -OCH3 is 2. The van der Waals surface area contributed by atoms with Crippen LogP contribution < -0.4 is 14.8 Å². The standard InChI is InChI=1S/C16H22N2O3/c1-16(2,3)18-10-14-17-9-13(21-14)15-11(19-4)7-6-8-12(15)20-5/h6-9,18H,10H2,1-5H3. The van der Waals surface area contributed by atoms with Gasteiger partial charge in [0.2, 0.25) is 5.89 Å². The SMILES string of the molecule is COc1cccc(OC)c1-c1cnc(CNC(C)(C)C)o1. The highest BCUT2D eigenvalue weighted by Gasteiger charge is 2.17. The van der Waals surface area contributed by atoms with Crippen LogP contribution in [-0.2, 0) is 6.54 Å². The largest absolute Gasteiger partial charge is 0.496 e. The van der Waals surface area contributed by atoms with Gasteiger partial charge in [0.1, 0.15) is 17.1 Å². The molecule has 0 aliphatic carbocycles. The normalized spacial score (nSPS) is 11.5. The number of aromatic nitrogens is 1. The van der Waals surface area contributed by atoms with E-state index in [1.54, 1.807) is 20.4 Å². The van der Waals surface area contributed by atoms with Gasteiger partial charge < -0.3 is 19.2 Å². The Labute approximate surface area is 125 Å². The number of nitrogens with one attached hydrogen (secondary N) is 1. The van der Waals surface area contributed by atoms with Crippen molar-refractivity contribution in [2.24, 2.45) is 0 Å². The Balaban J connectivity index is 2.29. The van der Waals surface area contributed by atoms with Gasteiger partial charge >= 0.3 is 0 Å². The lowest BCUT2D eigenvalue weighted by atomic mass is 10.1. The molecule has 2 rings (SSSR count). The van der Waals surface area contributed by atoms with Gasteiger partial charge in [-0.2, -0.15) is 0 Å². The first-order valence-corrected chi connectivity index (χ1v) is 6.85. The van der Waals surface area contributed by atoms with E-state index in [0.29, 0.717) is 29.7 Å². The Kier molecular flexibility index (Phi) is 4.53. The predicted molar refractivity (Wildman–Crippen MR) is 81.6 cm³/mol. The van der Waals surface area contributed by atoms with Gasteiger partial charge in [-0.05, 0) is 32.9 Å². The van der Waals surface area contributed by atoms with Crippen molar-refractivity contribution in [3.63, 3.8) is 0 Å². The minimum atomic E-state index is 0.0107. The van der Waals surface area contributed by atoms with Crippen LogP contribution in [0.25, 0.3) is 11.3 Å². The van der Waals surface area contributed by atoms with Gasteiger partial charge in [0, 0.05) is 5.54 Å². The van der Waals surface area contributed by atoms with E-state index in [9.17, 15) is 0 Å². The molecule has 5 nitrogen and oxygen atoms in total. The van der Waals surface area contributed by atoms with Crippen LogP contribution in [0.3, 0.4) is 0 Å². The van der Waals surface area contributed by atoms with Crippen LogP contribution in [0, 0.1) is 0 Å². The van der Waals surface area contributed by atoms with E-state index in [-0.39, 0.29) is 5.54 Å². The first kappa shape index (κ1) is 15.4. The first-order valence-electron chi connectivity index (χ1n) is 6.85. The fourth-order valence-electron chi connectivity index (χ4n) is 1.94. The van der Waals surface area contributed by atoms with Crippen LogP contribution in [0.15, 0.2) is 28.8 Å². The molecule has 0 saturated heterocycles. The third-order valence-electron chi connectivity index (χ3n) is 3.00. The second-order valence-electron chi connectivity index (χ2n) is 5.76. The molecule has 114 valence electrons. The summed E-state index contributed by atoms with van der Waals surface area (Å²) in [5.74, 6) is 2.66. The van der Waals surface area contributed by atoms with Gasteiger partial charge in [-0.15, -0.1) is 0 Å². The zero-order valence-electron chi connectivity index (χ0n) is 13.2. The minimum Gasteiger partial charge on any atom is -0.496 e. The monoisotopic (exact) mass is 290 g/mol. The predicted octanol–water partition coefficient (Wildman–Crippen LogP) is 3.25.